The van der Waals surface area contributed by atoms with Crippen molar-refractivity contribution in [2.75, 3.05) is 26.2 Å². The van der Waals surface area contributed by atoms with Crippen molar-refractivity contribution in [3.05, 3.63) is 16.5 Å². The average molecular weight is 421 g/mol. The zero-order valence-corrected chi connectivity index (χ0v) is 16.0. The number of nitrogens with zero attached hydrogens (tertiary/aromatic N) is 2. The van der Waals surface area contributed by atoms with Gasteiger partial charge in [0.25, 0.3) is 15.9 Å². The van der Waals surface area contributed by atoms with Crippen LogP contribution in [-0.4, -0.2) is 67.7 Å². The number of hydrogen-bond donors (Lipinski definition) is 2. The number of amides is 4. The third-order valence-electron chi connectivity index (χ3n) is 4.24. The van der Waals surface area contributed by atoms with Crippen molar-refractivity contribution in [1.82, 2.24) is 19.8 Å². The second-order valence-electron chi connectivity index (χ2n) is 5.90. The summed E-state index contributed by atoms with van der Waals surface area (Å²) >= 11 is 6.81. The van der Waals surface area contributed by atoms with Crippen LogP contribution in [0.1, 0.15) is 12.8 Å². The largest absolute Gasteiger partial charge is 0.340 e. The van der Waals surface area contributed by atoms with E-state index in [2.05, 4.69) is 10.6 Å². The van der Waals surface area contributed by atoms with Gasteiger partial charge in [-0.3, -0.25) is 14.9 Å². The summed E-state index contributed by atoms with van der Waals surface area (Å²) in [7, 11) is -3.60. The van der Waals surface area contributed by atoms with Gasteiger partial charge in [0.2, 0.25) is 5.91 Å². The van der Waals surface area contributed by atoms with E-state index in [-0.39, 0.29) is 49.1 Å². The molecule has 2 fully saturated rings. The van der Waals surface area contributed by atoms with Crippen molar-refractivity contribution in [3.8, 4) is 0 Å². The number of piperazine rings is 1. The van der Waals surface area contributed by atoms with Gasteiger partial charge in [0.1, 0.15) is 10.3 Å². The van der Waals surface area contributed by atoms with Crippen molar-refractivity contribution in [3.63, 3.8) is 0 Å². The Bertz CT molecular complexity index is 832. The van der Waals surface area contributed by atoms with Crippen LogP contribution in [0.3, 0.4) is 0 Å². The molecule has 1 atom stereocenters. The van der Waals surface area contributed by atoms with Crippen LogP contribution < -0.4 is 10.6 Å². The van der Waals surface area contributed by atoms with Crippen molar-refractivity contribution < 1.29 is 22.8 Å². The number of urea groups is 1. The molecular formula is C14H17ClN4O5S2. The molecule has 2 saturated heterocycles. The maximum Gasteiger partial charge on any atom is 0.322 e. The monoisotopic (exact) mass is 420 g/mol. The minimum Gasteiger partial charge on any atom is -0.340 e. The molecule has 1 unspecified atom stereocenters. The molecule has 2 N–H and O–H groups in total. The highest BCUT2D eigenvalue weighted by atomic mass is 35.5. The number of carbonyl (C=O) groups is 3. The van der Waals surface area contributed by atoms with Gasteiger partial charge in [0.15, 0.2) is 0 Å². The highest BCUT2D eigenvalue weighted by Gasteiger charge is 2.33. The average Bonchev–Trinajstić information content (AvgIpc) is 3.18. The van der Waals surface area contributed by atoms with Gasteiger partial charge in [0.05, 0.1) is 4.34 Å². The summed E-state index contributed by atoms with van der Waals surface area (Å²) in [5.41, 5.74) is 0. The summed E-state index contributed by atoms with van der Waals surface area (Å²) in [4.78, 5) is 36.4. The molecule has 3 heterocycles. The normalized spacial score (nSPS) is 21.6. The predicted molar refractivity (Wildman–Crippen MR) is 94.4 cm³/mol. The predicted octanol–water partition coefficient (Wildman–Crippen LogP) is 0.223. The number of thiophene rings is 1. The Hall–Kier alpha value is -1.69. The molecular weight excluding hydrogens is 404 g/mol. The first-order valence-electron chi connectivity index (χ1n) is 7.92. The van der Waals surface area contributed by atoms with Gasteiger partial charge in [0, 0.05) is 32.6 Å². The molecule has 2 aliphatic heterocycles. The molecule has 9 nitrogen and oxygen atoms in total. The van der Waals surface area contributed by atoms with E-state index in [1.807, 2.05) is 0 Å². The molecule has 4 amide bonds. The van der Waals surface area contributed by atoms with E-state index in [9.17, 15) is 22.8 Å². The fraction of sp³-hybridized carbons (Fsp3) is 0.500. The summed E-state index contributed by atoms with van der Waals surface area (Å²) in [5.74, 6) is -0.608. The van der Waals surface area contributed by atoms with E-state index in [1.165, 1.54) is 16.4 Å². The SMILES string of the molecule is O=C1NC(=O)C(CCC(=O)N2CCN(S(=O)(=O)c3ccc(Cl)s3)CC2)N1. The van der Waals surface area contributed by atoms with Gasteiger partial charge in [-0.25, -0.2) is 13.2 Å². The van der Waals surface area contributed by atoms with Gasteiger partial charge >= 0.3 is 6.03 Å². The number of halogens is 1. The first kappa shape index (κ1) is 19.1. The Labute approximate surface area is 159 Å². The van der Waals surface area contributed by atoms with Crippen molar-refractivity contribution in [2.24, 2.45) is 0 Å². The third-order valence-corrected chi connectivity index (χ3v) is 7.84. The zero-order valence-electron chi connectivity index (χ0n) is 13.6. The fourth-order valence-electron chi connectivity index (χ4n) is 2.83. The molecule has 0 saturated carbocycles. The highest BCUT2D eigenvalue weighted by molar-refractivity contribution is 7.91. The van der Waals surface area contributed by atoms with Gasteiger partial charge in [-0.15, -0.1) is 11.3 Å². The smallest absolute Gasteiger partial charge is 0.322 e. The maximum atomic E-state index is 12.5. The first-order chi connectivity index (χ1) is 12.3. The van der Waals surface area contributed by atoms with Gasteiger partial charge in [-0.2, -0.15) is 4.31 Å². The maximum absolute atomic E-state index is 12.5. The summed E-state index contributed by atoms with van der Waals surface area (Å²) in [6.45, 7) is 0.954. The number of carbonyl (C=O) groups excluding carboxylic acids is 3. The molecule has 1 aromatic heterocycles. The quantitative estimate of drug-likeness (QED) is 0.661. The van der Waals surface area contributed by atoms with Crippen LogP contribution in [0.5, 0.6) is 0 Å². The van der Waals surface area contributed by atoms with Crippen molar-refractivity contribution in [2.45, 2.75) is 23.1 Å². The third kappa shape index (κ3) is 4.00. The van der Waals surface area contributed by atoms with Crippen molar-refractivity contribution in [1.29, 1.82) is 0 Å². The van der Waals surface area contributed by atoms with E-state index in [4.69, 9.17) is 11.6 Å². The van der Waals surface area contributed by atoms with E-state index < -0.39 is 28.0 Å². The molecule has 142 valence electrons. The van der Waals surface area contributed by atoms with E-state index in [1.54, 1.807) is 4.90 Å². The molecule has 3 rings (SSSR count). The van der Waals surface area contributed by atoms with E-state index >= 15 is 0 Å². The molecule has 0 radical (unpaired) electrons. The second kappa shape index (κ2) is 7.51. The lowest BCUT2D eigenvalue weighted by Crippen LogP contribution is -2.50. The lowest BCUT2D eigenvalue weighted by atomic mass is 10.1. The Morgan fingerprint density at radius 3 is 2.46 bits per heavy atom. The number of imide groups is 1. The van der Waals surface area contributed by atoms with Crippen LogP contribution in [0.15, 0.2) is 16.3 Å². The standard InChI is InChI=1S/C14H17ClN4O5S2/c15-10-2-4-12(25-10)26(23,24)19-7-5-18(6-8-19)11(20)3-1-9-13(21)17-14(22)16-9/h2,4,9H,1,3,5-8H2,(H2,16,17,21,22). The second-order valence-corrected chi connectivity index (χ2v) is 9.78. The summed E-state index contributed by atoms with van der Waals surface area (Å²) in [6.07, 6.45) is 0.314. The molecule has 12 heteroatoms. The minimum atomic E-state index is -3.60. The number of rotatable bonds is 5. The van der Waals surface area contributed by atoms with Gasteiger partial charge in [-0.05, 0) is 18.6 Å². The fourth-order valence-corrected chi connectivity index (χ4v) is 5.89. The van der Waals surface area contributed by atoms with Gasteiger partial charge in [-0.1, -0.05) is 11.6 Å². The summed E-state index contributed by atoms with van der Waals surface area (Å²) in [5, 5.41) is 4.56. The highest BCUT2D eigenvalue weighted by Crippen LogP contribution is 2.28. The Balaban J connectivity index is 1.51. The van der Waals surface area contributed by atoms with Crippen LogP contribution in [0, 0.1) is 0 Å². The summed E-state index contributed by atoms with van der Waals surface area (Å²) < 4.78 is 27.0. The van der Waals surface area contributed by atoms with Gasteiger partial charge < -0.3 is 10.2 Å². The minimum absolute atomic E-state index is 0.103. The Morgan fingerprint density at radius 1 is 1.23 bits per heavy atom. The van der Waals surface area contributed by atoms with E-state index in [0.717, 1.165) is 11.3 Å². The molecule has 0 bridgehead atoms. The Morgan fingerprint density at radius 2 is 1.92 bits per heavy atom. The number of sulfonamides is 1. The molecule has 0 aliphatic carbocycles. The van der Waals surface area contributed by atoms with Crippen LogP contribution >= 0.6 is 22.9 Å². The van der Waals surface area contributed by atoms with E-state index in [0.29, 0.717) is 4.34 Å². The number of nitrogens with one attached hydrogen (secondary N) is 2. The molecule has 26 heavy (non-hydrogen) atoms. The zero-order chi connectivity index (χ0) is 18.9. The molecule has 0 aromatic carbocycles. The van der Waals surface area contributed by atoms with Crippen LogP contribution in [0.2, 0.25) is 4.34 Å². The van der Waals surface area contributed by atoms with Crippen LogP contribution in [0.25, 0.3) is 0 Å². The molecule has 1 aromatic rings. The van der Waals surface area contributed by atoms with Crippen LogP contribution in [-0.2, 0) is 19.6 Å². The number of hydrogen-bond acceptors (Lipinski definition) is 6. The topological polar surface area (TPSA) is 116 Å². The molecule has 0 spiro atoms. The Kier molecular flexibility index (Phi) is 5.51. The molecule has 2 aliphatic rings. The lowest BCUT2D eigenvalue weighted by Gasteiger charge is -2.33. The van der Waals surface area contributed by atoms with Crippen LogP contribution in [0.4, 0.5) is 4.79 Å². The van der Waals surface area contributed by atoms with Crippen molar-refractivity contribution >= 4 is 50.8 Å². The lowest BCUT2D eigenvalue weighted by molar-refractivity contribution is -0.132. The first-order valence-corrected chi connectivity index (χ1v) is 10.6. The summed E-state index contributed by atoms with van der Waals surface area (Å²) in [6, 6.07) is 1.76.